The quantitative estimate of drug-likeness (QED) is 0.231. The SMILES string of the molecule is CCCCCCCCCCCCCC(=O)NCc1ccc(OCCC(C)C)c(OC)c1. The number of amides is 1. The first-order chi connectivity index (χ1) is 15.1. The monoisotopic (exact) mass is 433 g/mol. The second-order valence-corrected chi connectivity index (χ2v) is 9.08. The molecule has 1 aromatic carbocycles. The Morgan fingerprint density at radius 3 is 2.10 bits per heavy atom. The van der Waals surface area contributed by atoms with Gasteiger partial charge in [0.05, 0.1) is 13.7 Å². The Balaban J connectivity index is 2.13. The van der Waals surface area contributed by atoms with E-state index in [-0.39, 0.29) is 5.91 Å². The van der Waals surface area contributed by atoms with Crippen molar-refractivity contribution >= 4 is 5.91 Å². The molecule has 0 aliphatic carbocycles. The molecule has 178 valence electrons. The van der Waals surface area contributed by atoms with Crippen LogP contribution in [0.4, 0.5) is 0 Å². The molecule has 0 fully saturated rings. The standard InChI is InChI=1S/C27H47NO3/c1-5-6-7-8-9-10-11-12-13-14-15-16-27(29)28-22-24-17-18-25(26(21-24)30-4)31-20-19-23(2)3/h17-18,21,23H,5-16,19-20,22H2,1-4H3,(H,28,29). The molecule has 0 heterocycles. The van der Waals surface area contributed by atoms with Gasteiger partial charge in [0.2, 0.25) is 5.91 Å². The lowest BCUT2D eigenvalue weighted by Gasteiger charge is -2.13. The molecular formula is C27H47NO3. The van der Waals surface area contributed by atoms with E-state index in [9.17, 15) is 4.79 Å². The van der Waals surface area contributed by atoms with Crippen molar-refractivity contribution in [3.05, 3.63) is 23.8 Å². The molecule has 0 radical (unpaired) electrons. The number of ether oxygens (including phenoxy) is 2. The molecule has 0 atom stereocenters. The third kappa shape index (κ3) is 14.1. The molecule has 31 heavy (non-hydrogen) atoms. The molecule has 0 aliphatic heterocycles. The van der Waals surface area contributed by atoms with Crippen LogP contribution in [0.15, 0.2) is 18.2 Å². The van der Waals surface area contributed by atoms with Crippen LogP contribution < -0.4 is 14.8 Å². The first-order valence-corrected chi connectivity index (χ1v) is 12.6. The molecule has 0 aromatic heterocycles. The van der Waals surface area contributed by atoms with E-state index in [1.54, 1.807) is 7.11 Å². The predicted octanol–water partition coefficient (Wildman–Crippen LogP) is 7.44. The summed E-state index contributed by atoms with van der Waals surface area (Å²) < 4.78 is 11.3. The number of carbonyl (C=O) groups is 1. The van der Waals surface area contributed by atoms with Gasteiger partial charge >= 0.3 is 0 Å². The summed E-state index contributed by atoms with van der Waals surface area (Å²) in [5.41, 5.74) is 1.03. The van der Waals surface area contributed by atoms with Crippen LogP contribution in [-0.4, -0.2) is 19.6 Å². The first-order valence-electron chi connectivity index (χ1n) is 12.6. The molecule has 0 bridgehead atoms. The van der Waals surface area contributed by atoms with E-state index in [4.69, 9.17) is 9.47 Å². The smallest absolute Gasteiger partial charge is 0.220 e. The van der Waals surface area contributed by atoms with Crippen LogP contribution in [-0.2, 0) is 11.3 Å². The summed E-state index contributed by atoms with van der Waals surface area (Å²) in [4.78, 5) is 12.1. The Labute approximate surface area is 191 Å². The summed E-state index contributed by atoms with van der Waals surface area (Å²) in [7, 11) is 1.65. The Morgan fingerprint density at radius 2 is 1.52 bits per heavy atom. The first kappa shape index (κ1) is 27.3. The number of carbonyl (C=O) groups excluding carboxylic acids is 1. The van der Waals surface area contributed by atoms with Crippen LogP contribution in [0.5, 0.6) is 11.5 Å². The van der Waals surface area contributed by atoms with Crippen molar-refractivity contribution in [3.63, 3.8) is 0 Å². The fourth-order valence-electron chi connectivity index (χ4n) is 3.58. The van der Waals surface area contributed by atoms with Gasteiger partial charge in [0.15, 0.2) is 11.5 Å². The molecule has 1 N–H and O–H groups in total. The minimum atomic E-state index is 0.132. The van der Waals surface area contributed by atoms with Gasteiger partial charge in [-0.25, -0.2) is 0 Å². The zero-order valence-corrected chi connectivity index (χ0v) is 20.6. The number of nitrogens with one attached hydrogen (secondary N) is 1. The molecule has 0 saturated carbocycles. The second kappa shape index (κ2) is 17.9. The van der Waals surface area contributed by atoms with E-state index in [0.717, 1.165) is 36.3 Å². The van der Waals surface area contributed by atoms with E-state index in [1.807, 2.05) is 18.2 Å². The van der Waals surface area contributed by atoms with Gasteiger partial charge in [-0.3, -0.25) is 4.79 Å². The molecule has 4 heteroatoms. The zero-order chi connectivity index (χ0) is 22.7. The Kier molecular flexibility index (Phi) is 15.8. The van der Waals surface area contributed by atoms with Crippen LogP contribution in [0.3, 0.4) is 0 Å². The van der Waals surface area contributed by atoms with Gasteiger partial charge in [-0.2, -0.15) is 0 Å². The summed E-state index contributed by atoms with van der Waals surface area (Å²) in [5.74, 6) is 2.23. The second-order valence-electron chi connectivity index (χ2n) is 9.08. The lowest BCUT2D eigenvalue weighted by atomic mass is 10.1. The van der Waals surface area contributed by atoms with Gasteiger partial charge in [0.25, 0.3) is 0 Å². The van der Waals surface area contributed by atoms with Crippen molar-refractivity contribution < 1.29 is 14.3 Å². The third-order valence-electron chi connectivity index (χ3n) is 5.68. The fraction of sp³-hybridized carbons (Fsp3) is 0.741. The van der Waals surface area contributed by atoms with Gasteiger partial charge in [-0.1, -0.05) is 91.0 Å². The number of unbranched alkanes of at least 4 members (excludes halogenated alkanes) is 10. The van der Waals surface area contributed by atoms with Crippen molar-refractivity contribution in [2.75, 3.05) is 13.7 Å². The molecule has 1 amide bonds. The van der Waals surface area contributed by atoms with Crippen molar-refractivity contribution in [1.82, 2.24) is 5.32 Å². The highest BCUT2D eigenvalue weighted by atomic mass is 16.5. The summed E-state index contributed by atoms with van der Waals surface area (Å²) in [6.45, 7) is 7.84. The zero-order valence-electron chi connectivity index (χ0n) is 20.6. The molecule has 0 aliphatic rings. The summed E-state index contributed by atoms with van der Waals surface area (Å²) in [6.07, 6.45) is 15.9. The molecule has 0 unspecified atom stereocenters. The normalized spacial score (nSPS) is 11.0. The van der Waals surface area contributed by atoms with Crippen molar-refractivity contribution in [3.8, 4) is 11.5 Å². The molecule has 1 aromatic rings. The van der Waals surface area contributed by atoms with E-state index in [1.165, 1.54) is 57.8 Å². The molecule has 0 spiro atoms. The molecule has 4 nitrogen and oxygen atoms in total. The Morgan fingerprint density at radius 1 is 0.903 bits per heavy atom. The van der Waals surface area contributed by atoms with Crippen molar-refractivity contribution in [1.29, 1.82) is 0 Å². The van der Waals surface area contributed by atoms with Gasteiger partial charge < -0.3 is 14.8 Å². The summed E-state index contributed by atoms with van der Waals surface area (Å²) in [5, 5.41) is 3.03. The Hall–Kier alpha value is -1.71. The fourth-order valence-corrected chi connectivity index (χ4v) is 3.58. The minimum Gasteiger partial charge on any atom is -0.493 e. The average Bonchev–Trinajstić information content (AvgIpc) is 2.76. The predicted molar refractivity (Wildman–Crippen MR) is 131 cm³/mol. The van der Waals surface area contributed by atoms with Gasteiger partial charge in [0, 0.05) is 13.0 Å². The topological polar surface area (TPSA) is 47.6 Å². The number of hydrogen-bond acceptors (Lipinski definition) is 3. The van der Waals surface area contributed by atoms with Gasteiger partial charge in [0.1, 0.15) is 0 Å². The van der Waals surface area contributed by atoms with E-state index in [2.05, 4.69) is 26.1 Å². The molecular weight excluding hydrogens is 386 g/mol. The average molecular weight is 434 g/mol. The number of rotatable bonds is 19. The number of benzene rings is 1. The van der Waals surface area contributed by atoms with E-state index in [0.29, 0.717) is 25.5 Å². The van der Waals surface area contributed by atoms with E-state index < -0.39 is 0 Å². The maximum atomic E-state index is 12.1. The van der Waals surface area contributed by atoms with Crippen LogP contribution >= 0.6 is 0 Å². The Bertz CT molecular complexity index is 586. The highest BCUT2D eigenvalue weighted by Gasteiger charge is 2.08. The summed E-state index contributed by atoms with van der Waals surface area (Å²) >= 11 is 0. The minimum absolute atomic E-state index is 0.132. The third-order valence-corrected chi connectivity index (χ3v) is 5.68. The van der Waals surface area contributed by atoms with Gasteiger partial charge in [-0.15, -0.1) is 0 Å². The van der Waals surface area contributed by atoms with Crippen LogP contribution in [0.25, 0.3) is 0 Å². The highest BCUT2D eigenvalue weighted by molar-refractivity contribution is 5.75. The number of hydrogen-bond donors (Lipinski definition) is 1. The molecule has 1 rings (SSSR count). The van der Waals surface area contributed by atoms with Crippen LogP contribution in [0.2, 0.25) is 0 Å². The van der Waals surface area contributed by atoms with E-state index >= 15 is 0 Å². The van der Waals surface area contributed by atoms with Crippen molar-refractivity contribution in [2.45, 2.75) is 111 Å². The van der Waals surface area contributed by atoms with Crippen LogP contribution in [0.1, 0.15) is 110 Å². The van der Waals surface area contributed by atoms with Crippen molar-refractivity contribution in [2.24, 2.45) is 5.92 Å². The summed E-state index contributed by atoms with van der Waals surface area (Å²) in [6, 6.07) is 5.88. The van der Waals surface area contributed by atoms with Crippen LogP contribution in [0, 0.1) is 5.92 Å². The lowest BCUT2D eigenvalue weighted by molar-refractivity contribution is -0.121. The number of methoxy groups -OCH3 is 1. The maximum absolute atomic E-state index is 12.1. The lowest BCUT2D eigenvalue weighted by Crippen LogP contribution is -2.22. The largest absolute Gasteiger partial charge is 0.493 e. The molecule has 0 saturated heterocycles. The maximum Gasteiger partial charge on any atom is 0.220 e. The highest BCUT2D eigenvalue weighted by Crippen LogP contribution is 2.28. The van der Waals surface area contributed by atoms with Gasteiger partial charge in [-0.05, 0) is 36.5 Å².